The predicted molar refractivity (Wildman–Crippen MR) is 70.2 cm³/mol. The molecule has 19 heavy (non-hydrogen) atoms. The summed E-state index contributed by atoms with van der Waals surface area (Å²) in [6, 6.07) is 7.04. The lowest BCUT2D eigenvalue weighted by Crippen LogP contribution is -2.09. The van der Waals surface area contributed by atoms with Crippen LogP contribution in [-0.2, 0) is 9.53 Å². The van der Waals surface area contributed by atoms with E-state index in [1.807, 2.05) is 0 Å². The van der Waals surface area contributed by atoms with Crippen LogP contribution >= 0.6 is 0 Å². The number of Topliss-reactive ketones (excluding diaryl/α,β-unsaturated/α-hetero) is 1. The van der Waals surface area contributed by atoms with E-state index in [9.17, 15) is 9.59 Å². The monoisotopic (exact) mass is 262 g/mol. The highest BCUT2D eigenvalue weighted by atomic mass is 16.5. The summed E-state index contributed by atoms with van der Waals surface area (Å²) in [6.45, 7) is 2.19. The van der Waals surface area contributed by atoms with Crippen LogP contribution in [0.4, 0.5) is 0 Å². The third-order valence-electron chi connectivity index (χ3n) is 3.37. The van der Waals surface area contributed by atoms with E-state index < -0.39 is 0 Å². The highest BCUT2D eigenvalue weighted by Gasteiger charge is 2.45. The van der Waals surface area contributed by atoms with E-state index in [1.165, 1.54) is 0 Å². The first-order valence-corrected chi connectivity index (χ1v) is 6.49. The van der Waals surface area contributed by atoms with Crippen molar-refractivity contribution in [3.8, 4) is 5.75 Å². The molecule has 1 aromatic rings. The number of benzene rings is 1. The lowest BCUT2D eigenvalue weighted by molar-refractivity contribution is -0.145. The van der Waals surface area contributed by atoms with Crippen molar-refractivity contribution in [2.24, 2.45) is 11.8 Å². The molecule has 0 aliphatic heterocycles. The van der Waals surface area contributed by atoms with Crippen molar-refractivity contribution >= 4 is 11.8 Å². The molecule has 0 heterocycles. The van der Waals surface area contributed by atoms with Crippen LogP contribution < -0.4 is 4.74 Å². The fourth-order valence-electron chi connectivity index (χ4n) is 2.14. The Balaban J connectivity index is 1.87. The molecular weight excluding hydrogens is 244 g/mol. The van der Waals surface area contributed by atoms with Crippen LogP contribution in [0.1, 0.15) is 30.1 Å². The van der Waals surface area contributed by atoms with Gasteiger partial charge in [0.1, 0.15) is 5.75 Å². The van der Waals surface area contributed by atoms with Crippen LogP contribution in [-0.4, -0.2) is 25.5 Å². The molecule has 102 valence electrons. The van der Waals surface area contributed by atoms with Gasteiger partial charge in [-0.15, -0.1) is 0 Å². The van der Waals surface area contributed by atoms with Crippen molar-refractivity contribution in [3.63, 3.8) is 0 Å². The van der Waals surface area contributed by atoms with Crippen LogP contribution in [0.2, 0.25) is 0 Å². The Morgan fingerprint density at radius 1 is 1.26 bits per heavy atom. The van der Waals surface area contributed by atoms with Crippen LogP contribution in [0.25, 0.3) is 0 Å². The van der Waals surface area contributed by atoms with Gasteiger partial charge < -0.3 is 9.47 Å². The summed E-state index contributed by atoms with van der Waals surface area (Å²) in [5.74, 6) is 0.692. The largest absolute Gasteiger partial charge is 0.497 e. The third-order valence-corrected chi connectivity index (χ3v) is 3.37. The molecule has 1 aromatic carbocycles. The molecule has 2 unspecified atom stereocenters. The SMILES string of the molecule is CCOC(=O)C1CC1CC(=O)c1ccc(OC)cc1. The lowest BCUT2D eigenvalue weighted by Gasteiger charge is -2.03. The number of carbonyl (C=O) groups excluding carboxylic acids is 2. The average Bonchev–Trinajstić information content (AvgIpc) is 3.18. The Hall–Kier alpha value is -1.84. The predicted octanol–water partition coefficient (Wildman–Crippen LogP) is 2.47. The molecule has 1 saturated carbocycles. The molecule has 0 amide bonds. The standard InChI is InChI=1S/C15H18O4/c1-3-19-15(17)13-8-11(13)9-14(16)10-4-6-12(18-2)7-5-10/h4-7,11,13H,3,8-9H2,1-2H3. The summed E-state index contributed by atoms with van der Waals surface area (Å²) >= 11 is 0. The van der Waals surface area contributed by atoms with E-state index in [0.717, 1.165) is 12.2 Å². The Bertz CT molecular complexity index is 464. The average molecular weight is 262 g/mol. The second-order valence-electron chi connectivity index (χ2n) is 4.71. The van der Waals surface area contributed by atoms with Crippen LogP contribution in [0.3, 0.4) is 0 Å². The summed E-state index contributed by atoms with van der Waals surface area (Å²) in [4.78, 5) is 23.5. The molecule has 1 aliphatic rings. The van der Waals surface area contributed by atoms with E-state index >= 15 is 0 Å². The minimum absolute atomic E-state index is 0.0689. The molecule has 2 atom stereocenters. The van der Waals surface area contributed by atoms with Crippen molar-refractivity contribution < 1.29 is 19.1 Å². The number of hydrogen-bond donors (Lipinski definition) is 0. The molecule has 1 fully saturated rings. The number of methoxy groups -OCH3 is 1. The Kier molecular flexibility index (Phi) is 4.20. The molecule has 0 N–H and O–H groups in total. The van der Waals surface area contributed by atoms with Gasteiger partial charge in [-0.1, -0.05) is 0 Å². The van der Waals surface area contributed by atoms with Crippen molar-refractivity contribution in [1.82, 2.24) is 0 Å². The minimum atomic E-state index is -0.171. The molecule has 2 rings (SSSR count). The van der Waals surface area contributed by atoms with Gasteiger partial charge in [0.05, 0.1) is 19.6 Å². The van der Waals surface area contributed by atoms with Gasteiger partial charge >= 0.3 is 5.97 Å². The maximum atomic E-state index is 12.0. The van der Waals surface area contributed by atoms with E-state index in [2.05, 4.69) is 0 Å². The first-order chi connectivity index (χ1) is 9.15. The Labute approximate surface area is 112 Å². The Morgan fingerprint density at radius 2 is 1.95 bits per heavy atom. The quantitative estimate of drug-likeness (QED) is 0.583. The van der Waals surface area contributed by atoms with Crippen molar-refractivity contribution in [2.45, 2.75) is 19.8 Å². The second kappa shape index (κ2) is 5.87. The van der Waals surface area contributed by atoms with Crippen molar-refractivity contribution in [2.75, 3.05) is 13.7 Å². The van der Waals surface area contributed by atoms with Gasteiger partial charge in [-0.2, -0.15) is 0 Å². The summed E-state index contributed by atoms with van der Waals surface area (Å²) in [6.07, 6.45) is 1.18. The molecule has 0 aromatic heterocycles. The zero-order chi connectivity index (χ0) is 13.8. The van der Waals surface area contributed by atoms with E-state index in [-0.39, 0.29) is 23.6 Å². The normalized spacial score (nSPS) is 20.7. The Morgan fingerprint density at radius 3 is 2.53 bits per heavy atom. The van der Waals surface area contributed by atoms with Crippen LogP contribution in [0, 0.1) is 11.8 Å². The zero-order valence-corrected chi connectivity index (χ0v) is 11.2. The molecular formula is C15H18O4. The van der Waals surface area contributed by atoms with Gasteiger partial charge in [-0.3, -0.25) is 9.59 Å². The van der Waals surface area contributed by atoms with Crippen LogP contribution in [0.15, 0.2) is 24.3 Å². The number of carbonyl (C=O) groups is 2. The summed E-state index contributed by atoms with van der Waals surface area (Å²) < 4.78 is 9.99. The van der Waals surface area contributed by atoms with Crippen molar-refractivity contribution in [3.05, 3.63) is 29.8 Å². The fraction of sp³-hybridized carbons (Fsp3) is 0.467. The smallest absolute Gasteiger partial charge is 0.309 e. The van der Waals surface area contributed by atoms with Crippen molar-refractivity contribution in [1.29, 1.82) is 0 Å². The van der Waals surface area contributed by atoms with E-state index in [1.54, 1.807) is 38.3 Å². The fourth-order valence-corrected chi connectivity index (χ4v) is 2.14. The van der Waals surface area contributed by atoms with Gasteiger partial charge in [0.25, 0.3) is 0 Å². The number of rotatable bonds is 6. The van der Waals surface area contributed by atoms with E-state index in [4.69, 9.17) is 9.47 Å². The number of ketones is 1. The van der Waals surface area contributed by atoms with Gasteiger partial charge in [0.2, 0.25) is 0 Å². The minimum Gasteiger partial charge on any atom is -0.497 e. The van der Waals surface area contributed by atoms with Gasteiger partial charge in [-0.25, -0.2) is 0 Å². The number of hydrogen-bond acceptors (Lipinski definition) is 4. The summed E-state index contributed by atoms with van der Waals surface area (Å²) in [7, 11) is 1.59. The van der Waals surface area contributed by atoms with Gasteiger partial charge in [-0.05, 0) is 43.5 Å². The van der Waals surface area contributed by atoms with Crippen LogP contribution in [0.5, 0.6) is 5.75 Å². The maximum absolute atomic E-state index is 12.0. The second-order valence-corrected chi connectivity index (χ2v) is 4.71. The van der Waals surface area contributed by atoms with Gasteiger partial charge in [0.15, 0.2) is 5.78 Å². The molecule has 0 radical (unpaired) electrons. The number of esters is 1. The highest BCUT2D eigenvalue weighted by molar-refractivity contribution is 5.97. The van der Waals surface area contributed by atoms with E-state index in [0.29, 0.717) is 18.6 Å². The molecule has 0 bridgehead atoms. The summed E-state index contributed by atoms with van der Waals surface area (Å²) in [5, 5.41) is 0. The molecule has 0 saturated heterocycles. The first kappa shape index (κ1) is 13.6. The molecule has 0 spiro atoms. The highest BCUT2D eigenvalue weighted by Crippen LogP contribution is 2.42. The number of ether oxygens (including phenoxy) is 2. The first-order valence-electron chi connectivity index (χ1n) is 6.49. The maximum Gasteiger partial charge on any atom is 0.309 e. The lowest BCUT2D eigenvalue weighted by atomic mass is 10.0. The molecule has 1 aliphatic carbocycles. The van der Waals surface area contributed by atoms with Gasteiger partial charge in [0, 0.05) is 12.0 Å². The summed E-state index contributed by atoms with van der Waals surface area (Å²) in [5.41, 5.74) is 0.662. The topological polar surface area (TPSA) is 52.6 Å². The molecule has 4 heteroatoms. The molecule has 4 nitrogen and oxygen atoms in total. The zero-order valence-electron chi connectivity index (χ0n) is 11.2. The third kappa shape index (κ3) is 3.34.